The summed E-state index contributed by atoms with van der Waals surface area (Å²) in [6.07, 6.45) is 4.73. The smallest absolute Gasteiger partial charge is 0.293 e. The Labute approximate surface area is 124 Å². The van der Waals surface area contributed by atoms with Crippen LogP contribution in [0.15, 0.2) is 22.8 Å². The first-order chi connectivity index (χ1) is 10.2. The van der Waals surface area contributed by atoms with Crippen LogP contribution in [0.3, 0.4) is 0 Å². The molecule has 2 atom stereocenters. The van der Waals surface area contributed by atoms with Crippen LogP contribution in [0.2, 0.25) is 0 Å². The predicted octanol–water partition coefficient (Wildman–Crippen LogP) is 0.985. The van der Waals surface area contributed by atoms with Gasteiger partial charge in [-0.1, -0.05) is 13.3 Å². The lowest BCUT2D eigenvalue weighted by Gasteiger charge is -2.30. The molecule has 116 valence electrons. The molecule has 1 fully saturated rings. The van der Waals surface area contributed by atoms with Gasteiger partial charge in [-0.15, -0.1) is 0 Å². The predicted molar refractivity (Wildman–Crippen MR) is 78.6 cm³/mol. The zero-order valence-corrected chi connectivity index (χ0v) is 12.4. The molecule has 0 spiro atoms. The normalized spacial score (nSPS) is 21.7. The summed E-state index contributed by atoms with van der Waals surface area (Å²) in [4.78, 5) is 25.9. The molecule has 0 aromatic carbocycles. The number of furan rings is 1. The monoisotopic (exact) mass is 293 g/mol. The molecule has 6 nitrogen and oxygen atoms in total. The van der Waals surface area contributed by atoms with E-state index in [0.29, 0.717) is 18.5 Å². The average molecular weight is 293 g/mol. The molecular formula is C15H23N3O3. The van der Waals surface area contributed by atoms with Gasteiger partial charge in [0.1, 0.15) is 0 Å². The molecule has 2 amide bonds. The van der Waals surface area contributed by atoms with Gasteiger partial charge in [0.05, 0.1) is 12.8 Å². The van der Waals surface area contributed by atoms with Crippen molar-refractivity contribution in [1.82, 2.24) is 10.2 Å². The molecule has 21 heavy (non-hydrogen) atoms. The minimum Gasteiger partial charge on any atom is -0.459 e. The molecule has 1 saturated carbocycles. The molecular weight excluding hydrogens is 270 g/mol. The number of carbonyl (C=O) groups is 2. The molecule has 1 aromatic heterocycles. The van der Waals surface area contributed by atoms with Crippen LogP contribution >= 0.6 is 0 Å². The van der Waals surface area contributed by atoms with E-state index in [9.17, 15) is 9.59 Å². The quantitative estimate of drug-likeness (QED) is 0.816. The van der Waals surface area contributed by atoms with Crippen LogP contribution < -0.4 is 11.1 Å². The third-order valence-electron chi connectivity index (χ3n) is 4.14. The zero-order valence-electron chi connectivity index (χ0n) is 12.4. The molecule has 1 aromatic rings. The maximum absolute atomic E-state index is 12.0. The fraction of sp³-hybridized carbons (Fsp3) is 0.600. The lowest BCUT2D eigenvalue weighted by atomic mass is 10.0. The molecule has 0 saturated heterocycles. The van der Waals surface area contributed by atoms with E-state index >= 15 is 0 Å². The third-order valence-corrected chi connectivity index (χ3v) is 4.14. The minimum atomic E-state index is -0.497. The minimum absolute atomic E-state index is 0.145. The Hall–Kier alpha value is -1.66. The molecule has 6 heteroatoms. The Balaban J connectivity index is 1.89. The Morgan fingerprint density at radius 2 is 2.29 bits per heavy atom. The second-order valence-electron chi connectivity index (χ2n) is 5.41. The van der Waals surface area contributed by atoms with Crippen LogP contribution in [0.25, 0.3) is 0 Å². The molecule has 0 bridgehead atoms. The van der Waals surface area contributed by atoms with Crippen molar-refractivity contribution in [2.24, 2.45) is 11.7 Å². The fourth-order valence-corrected chi connectivity index (χ4v) is 3.06. The summed E-state index contributed by atoms with van der Waals surface area (Å²) in [5, 5.41) is 2.36. The van der Waals surface area contributed by atoms with Crippen molar-refractivity contribution in [3.8, 4) is 0 Å². The summed E-state index contributed by atoms with van der Waals surface area (Å²) >= 11 is 0. The van der Waals surface area contributed by atoms with E-state index in [2.05, 4.69) is 10.2 Å². The summed E-state index contributed by atoms with van der Waals surface area (Å²) in [5.74, 6) is -0.214. The molecule has 1 heterocycles. The van der Waals surface area contributed by atoms with Gasteiger partial charge in [0, 0.05) is 6.04 Å². The van der Waals surface area contributed by atoms with Crippen molar-refractivity contribution in [1.29, 1.82) is 0 Å². The molecule has 1 aliphatic carbocycles. The van der Waals surface area contributed by atoms with Crippen LogP contribution in [0.1, 0.15) is 36.7 Å². The Bertz CT molecular complexity index is 473. The first-order valence-electron chi connectivity index (χ1n) is 7.47. The van der Waals surface area contributed by atoms with Gasteiger partial charge in [-0.05, 0) is 44.0 Å². The first kappa shape index (κ1) is 15.7. The standard InChI is InChI=1S/C15H23N3O3/c1-2-18(12-6-3-5-11(12)9-16)10-14(19)17-15(20)13-7-4-8-21-13/h4,7-8,11-12H,2-3,5-6,9-10,16H2,1H3,(H,17,19,20). The van der Waals surface area contributed by atoms with Gasteiger partial charge in [-0.3, -0.25) is 19.8 Å². The number of hydrogen-bond acceptors (Lipinski definition) is 5. The Morgan fingerprint density at radius 3 is 2.90 bits per heavy atom. The maximum atomic E-state index is 12.0. The van der Waals surface area contributed by atoms with Gasteiger partial charge < -0.3 is 10.2 Å². The number of amides is 2. The molecule has 3 N–H and O–H groups in total. The van der Waals surface area contributed by atoms with Crippen molar-refractivity contribution in [3.05, 3.63) is 24.2 Å². The van der Waals surface area contributed by atoms with E-state index in [-0.39, 0.29) is 18.2 Å². The highest BCUT2D eigenvalue weighted by Gasteiger charge is 2.31. The maximum Gasteiger partial charge on any atom is 0.293 e. The van der Waals surface area contributed by atoms with E-state index in [1.807, 2.05) is 6.92 Å². The van der Waals surface area contributed by atoms with Crippen molar-refractivity contribution >= 4 is 11.8 Å². The number of nitrogens with one attached hydrogen (secondary N) is 1. The summed E-state index contributed by atoms with van der Waals surface area (Å²) in [7, 11) is 0. The van der Waals surface area contributed by atoms with Crippen LogP contribution in [0.5, 0.6) is 0 Å². The SMILES string of the molecule is CCN(CC(=O)NC(=O)c1ccco1)C1CCCC1CN. The second kappa shape index (κ2) is 7.38. The van der Waals surface area contributed by atoms with Crippen LogP contribution in [-0.2, 0) is 4.79 Å². The van der Waals surface area contributed by atoms with E-state index < -0.39 is 5.91 Å². The zero-order chi connectivity index (χ0) is 15.2. The largest absolute Gasteiger partial charge is 0.459 e. The van der Waals surface area contributed by atoms with Crippen LogP contribution in [-0.4, -0.2) is 42.4 Å². The topological polar surface area (TPSA) is 88.6 Å². The second-order valence-corrected chi connectivity index (χ2v) is 5.41. The Morgan fingerprint density at radius 1 is 1.48 bits per heavy atom. The number of carbonyl (C=O) groups excluding carboxylic acids is 2. The highest BCUT2D eigenvalue weighted by atomic mass is 16.3. The lowest BCUT2D eigenvalue weighted by molar-refractivity contribution is -0.122. The fourth-order valence-electron chi connectivity index (χ4n) is 3.06. The first-order valence-corrected chi connectivity index (χ1v) is 7.47. The Kier molecular flexibility index (Phi) is 5.52. The highest BCUT2D eigenvalue weighted by Crippen LogP contribution is 2.28. The van der Waals surface area contributed by atoms with Gasteiger partial charge >= 0.3 is 0 Å². The van der Waals surface area contributed by atoms with Crippen molar-refractivity contribution in [2.45, 2.75) is 32.2 Å². The third kappa shape index (κ3) is 3.92. The van der Waals surface area contributed by atoms with E-state index in [1.54, 1.807) is 6.07 Å². The van der Waals surface area contributed by atoms with Gasteiger partial charge in [0.2, 0.25) is 5.91 Å². The van der Waals surface area contributed by atoms with E-state index in [0.717, 1.165) is 25.8 Å². The van der Waals surface area contributed by atoms with Crippen LogP contribution in [0, 0.1) is 5.92 Å². The number of imide groups is 1. The molecule has 1 aliphatic rings. The molecule has 2 rings (SSSR count). The van der Waals surface area contributed by atoms with Gasteiger partial charge in [0.15, 0.2) is 5.76 Å². The van der Waals surface area contributed by atoms with Gasteiger partial charge in [-0.2, -0.15) is 0 Å². The van der Waals surface area contributed by atoms with Gasteiger partial charge in [0.25, 0.3) is 5.91 Å². The van der Waals surface area contributed by atoms with Crippen LogP contribution in [0.4, 0.5) is 0 Å². The van der Waals surface area contributed by atoms with E-state index in [4.69, 9.17) is 10.2 Å². The van der Waals surface area contributed by atoms with Crippen molar-refractivity contribution < 1.29 is 14.0 Å². The summed E-state index contributed by atoms with van der Waals surface area (Å²) in [5.41, 5.74) is 5.80. The molecule has 0 radical (unpaired) electrons. The molecule has 2 unspecified atom stereocenters. The highest BCUT2D eigenvalue weighted by molar-refractivity contribution is 6.03. The summed E-state index contributed by atoms with van der Waals surface area (Å²) in [6, 6.07) is 3.48. The van der Waals surface area contributed by atoms with Crippen molar-refractivity contribution in [2.75, 3.05) is 19.6 Å². The summed E-state index contributed by atoms with van der Waals surface area (Å²) in [6.45, 7) is 3.65. The van der Waals surface area contributed by atoms with Gasteiger partial charge in [-0.25, -0.2) is 0 Å². The summed E-state index contributed by atoms with van der Waals surface area (Å²) < 4.78 is 4.97. The number of rotatable bonds is 6. The number of hydrogen-bond donors (Lipinski definition) is 2. The number of nitrogens with zero attached hydrogens (tertiary/aromatic N) is 1. The average Bonchev–Trinajstić information content (AvgIpc) is 3.15. The lowest BCUT2D eigenvalue weighted by Crippen LogP contribution is -2.46. The molecule has 0 aliphatic heterocycles. The number of nitrogens with two attached hydrogens (primary N) is 1. The van der Waals surface area contributed by atoms with E-state index in [1.165, 1.54) is 12.3 Å². The number of likely N-dealkylation sites (N-methyl/N-ethyl adjacent to an activating group) is 1. The van der Waals surface area contributed by atoms with Crippen molar-refractivity contribution in [3.63, 3.8) is 0 Å².